The number of aromatic nitrogens is 4. The number of fused-ring (bicyclic) bond motifs is 2. The van der Waals surface area contributed by atoms with Gasteiger partial charge >= 0.3 is 0 Å². The molecule has 0 saturated heterocycles. The molecule has 0 radical (unpaired) electrons. The number of nitrogens with one attached hydrogen (secondary N) is 2. The Bertz CT molecular complexity index is 1430. The topological polar surface area (TPSA) is 174 Å². The third-order valence-electron chi connectivity index (χ3n) is 6.21. The second-order valence-corrected chi connectivity index (χ2v) is 8.82. The van der Waals surface area contributed by atoms with Gasteiger partial charge in [-0.25, -0.2) is 9.97 Å². The van der Waals surface area contributed by atoms with E-state index in [0.29, 0.717) is 23.3 Å². The van der Waals surface area contributed by atoms with Crippen molar-refractivity contribution < 1.29 is 25.2 Å². The quantitative estimate of drug-likeness (QED) is 0.187. The number of carbonyl (C=O) groups excluding carboxylic acids is 1. The molecule has 2 heterocycles. The van der Waals surface area contributed by atoms with Gasteiger partial charge in [-0.2, -0.15) is 0 Å². The summed E-state index contributed by atoms with van der Waals surface area (Å²) < 4.78 is 1.15. The molecule has 1 amide bonds. The first-order chi connectivity index (χ1) is 17.2. The van der Waals surface area contributed by atoms with Crippen molar-refractivity contribution in [2.45, 2.75) is 45.1 Å². The van der Waals surface area contributed by atoms with Crippen LogP contribution in [0.4, 0.5) is 0 Å². The van der Waals surface area contributed by atoms with E-state index in [1.807, 2.05) is 38.1 Å². The molecule has 11 nitrogen and oxygen atoms in total. The van der Waals surface area contributed by atoms with Gasteiger partial charge in [0.15, 0.2) is 5.69 Å². The lowest BCUT2D eigenvalue weighted by Crippen LogP contribution is -2.44. The lowest BCUT2D eigenvalue weighted by Gasteiger charge is -2.23. The van der Waals surface area contributed by atoms with E-state index in [1.165, 1.54) is 0 Å². The summed E-state index contributed by atoms with van der Waals surface area (Å²) in [6, 6.07) is 11.0. The lowest BCUT2D eigenvalue weighted by molar-refractivity contribution is -0.0805. The number of aryl methyl sites for hydroxylation is 2. The second kappa shape index (κ2) is 10.5. The molecule has 0 aliphatic heterocycles. The largest absolute Gasteiger partial charge is 0.394 e. The Kier molecular flexibility index (Phi) is 7.45. The van der Waals surface area contributed by atoms with Crippen LogP contribution in [0.15, 0.2) is 41.2 Å². The smallest absolute Gasteiger partial charge is 0.282 e. The summed E-state index contributed by atoms with van der Waals surface area (Å²) in [7, 11) is 0. The number of hydrogen-bond donors (Lipinski definition) is 6. The van der Waals surface area contributed by atoms with Crippen molar-refractivity contribution in [1.29, 1.82) is 0 Å². The molecule has 3 unspecified atom stereocenters. The number of aliphatic hydroxyl groups excluding tert-OH is 4. The third-order valence-corrected chi connectivity index (χ3v) is 6.21. The molecule has 11 heteroatoms. The zero-order chi connectivity index (χ0) is 26.0. The molecule has 36 heavy (non-hydrogen) atoms. The van der Waals surface area contributed by atoms with Crippen molar-refractivity contribution in [2.24, 2.45) is 0 Å². The zero-order valence-electron chi connectivity index (χ0n) is 20.0. The normalized spacial score (nSPS) is 14.2. The van der Waals surface area contributed by atoms with Crippen molar-refractivity contribution in [3.05, 3.63) is 69.4 Å². The number of aliphatic hydroxyl groups is 4. The van der Waals surface area contributed by atoms with Crippen molar-refractivity contribution in [3.63, 3.8) is 0 Å². The summed E-state index contributed by atoms with van der Waals surface area (Å²) in [5.74, 6) is 0.00135. The van der Waals surface area contributed by atoms with Crippen molar-refractivity contribution in [1.82, 2.24) is 24.8 Å². The van der Waals surface area contributed by atoms with E-state index in [-0.39, 0.29) is 12.2 Å². The number of benzene rings is 2. The lowest BCUT2D eigenvalue weighted by atomic mass is 10.1. The third kappa shape index (κ3) is 5.14. The van der Waals surface area contributed by atoms with Gasteiger partial charge < -0.3 is 35.3 Å². The van der Waals surface area contributed by atoms with Gasteiger partial charge in [-0.05, 0) is 49.2 Å². The van der Waals surface area contributed by atoms with Crippen molar-refractivity contribution in [3.8, 4) is 0 Å². The van der Waals surface area contributed by atoms with Gasteiger partial charge in [-0.15, -0.1) is 0 Å². The molecule has 4 aromatic rings. The standard InChI is InChI=1S/C25H29N5O6/c1-13-9-17-18(10-14(13)2)30(11-19(32)23(34)20(33)12-31)25(36)22(29-17)24(35)26-8-7-21-27-15-5-3-4-6-16(15)28-21/h3-6,9-10,19-20,23,31-34H,7-8,11-12H2,1-2H3,(H,26,35)(H,27,28). The van der Waals surface area contributed by atoms with E-state index in [4.69, 9.17) is 5.11 Å². The number of para-hydroxylation sites is 2. The number of amides is 1. The van der Waals surface area contributed by atoms with Gasteiger partial charge in [0.2, 0.25) is 0 Å². The average molecular weight is 496 g/mol. The molecule has 0 spiro atoms. The highest BCUT2D eigenvalue weighted by molar-refractivity contribution is 5.94. The minimum atomic E-state index is -1.70. The highest BCUT2D eigenvalue weighted by atomic mass is 16.4. The van der Waals surface area contributed by atoms with E-state index in [9.17, 15) is 24.9 Å². The van der Waals surface area contributed by atoms with Crippen LogP contribution in [0.1, 0.15) is 27.4 Å². The number of rotatable bonds is 9. The monoisotopic (exact) mass is 495 g/mol. The minimum absolute atomic E-state index is 0.203. The first-order valence-electron chi connectivity index (χ1n) is 11.6. The molecule has 0 bridgehead atoms. The molecule has 0 saturated carbocycles. The summed E-state index contributed by atoms with van der Waals surface area (Å²) in [6.45, 7) is 2.74. The van der Waals surface area contributed by atoms with Crippen LogP contribution in [-0.2, 0) is 13.0 Å². The fourth-order valence-corrected chi connectivity index (χ4v) is 3.99. The maximum Gasteiger partial charge on any atom is 0.282 e. The highest BCUT2D eigenvalue weighted by Crippen LogP contribution is 2.18. The van der Waals surface area contributed by atoms with Gasteiger partial charge in [-0.1, -0.05) is 12.1 Å². The van der Waals surface area contributed by atoms with Gasteiger partial charge in [0.25, 0.3) is 11.5 Å². The molecule has 6 N–H and O–H groups in total. The van der Waals surface area contributed by atoms with Gasteiger partial charge in [0.05, 0.1) is 35.2 Å². The maximum absolute atomic E-state index is 13.3. The SMILES string of the molecule is Cc1cc2nc(C(=O)NCCc3nc4ccccc4[nH]3)c(=O)n(CC(O)C(O)C(O)CO)c2cc1C. The number of nitrogens with zero attached hydrogens (tertiary/aromatic N) is 3. The van der Waals surface area contributed by atoms with E-state index in [2.05, 4.69) is 20.3 Å². The average Bonchev–Trinajstić information content (AvgIpc) is 3.28. The Morgan fingerprint density at radius 1 is 1.06 bits per heavy atom. The molecular formula is C25H29N5O6. The van der Waals surface area contributed by atoms with Gasteiger partial charge in [0.1, 0.15) is 24.1 Å². The molecule has 0 fully saturated rings. The number of hydrogen-bond acceptors (Lipinski definition) is 8. The zero-order valence-corrected chi connectivity index (χ0v) is 20.0. The number of aromatic amines is 1. The number of carbonyl (C=O) groups is 1. The molecule has 0 aliphatic carbocycles. The van der Waals surface area contributed by atoms with Crippen molar-refractivity contribution in [2.75, 3.05) is 13.2 Å². The highest BCUT2D eigenvalue weighted by Gasteiger charge is 2.27. The first-order valence-corrected chi connectivity index (χ1v) is 11.6. The van der Waals surface area contributed by atoms with Crippen LogP contribution in [-0.4, -0.2) is 77.3 Å². The summed E-state index contributed by atoms with van der Waals surface area (Å²) >= 11 is 0. The Morgan fingerprint density at radius 2 is 1.78 bits per heavy atom. The number of imidazole rings is 1. The van der Waals surface area contributed by atoms with E-state index in [0.717, 1.165) is 26.7 Å². The predicted octanol–water partition coefficient (Wildman–Crippen LogP) is -0.0629. The summed E-state index contributed by atoms with van der Waals surface area (Å²) in [6.07, 6.45) is -4.46. The molecular weight excluding hydrogens is 466 g/mol. The molecule has 2 aromatic carbocycles. The minimum Gasteiger partial charge on any atom is -0.394 e. The van der Waals surface area contributed by atoms with Crippen LogP contribution in [0.2, 0.25) is 0 Å². The Hall–Kier alpha value is -3.64. The van der Waals surface area contributed by atoms with Crippen LogP contribution in [0.3, 0.4) is 0 Å². The van der Waals surface area contributed by atoms with E-state index in [1.54, 1.807) is 12.1 Å². The first kappa shape index (κ1) is 25.5. The molecule has 0 aliphatic rings. The van der Waals surface area contributed by atoms with Crippen molar-refractivity contribution >= 4 is 28.0 Å². The summed E-state index contributed by atoms with van der Waals surface area (Å²) in [5, 5.41) is 42.0. The van der Waals surface area contributed by atoms with Crippen LogP contribution >= 0.6 is 0 Å². The Balaban J connectivity index is 1.61. The molecule has 190 valence electrons. The maximum atomic E-state index is 13.3. The molecule has 4 rings (SSSR count). The van der Waals surface area contributed by atoms with Gasteiger partial charge in [-0.3, -0.25) is 9.59 Å². The van der Waals surface area contributed by atoms with Crippen LogP contribution in [0.5, 0.6) is 0 Å². The predicted molar refractivity (Wildman–Crippen MR) is 133 cm³/mol. The Morgan fingerprint density at radius 3 is 2.50 bits per heavy atom. The fourth-order valence-electron chi connectivity index (χ4n) is 3.99. The Labute approximate surface area is 206 Å². The molecule has 2 aromatic heterocycles. The molecule has 3 atom stereocenters. The summed E-state index contributed by atoms with van der Waals surface area (Å²) in [5.41, 5.74) is 3.08. The second-order valence-electron chi connectivity index (χ2n) is 8.82. The van der Waals surface area contributed by atoms with E-state index >= 15 is 0 Å². The number of H-pyrrole nitrogens is 1. The van der Waals surface area contributed by atoms with Crippen LogP contribution < -0.4 is 10.9 Å². The van der Waals surface area contributed by atoms with Gasteiger partial charge in [0, 0.05) is 13.0 Å². The van der Waals surface area contributed by atoms with Crippen LogP contribution in [0.25, 0.3) is 22.1 Å². The fraction of sp³-hybridized carbons (Fsp3) is 0.360. The van der Waals surface area contributed by atoms with E-state index < -0.39 is 42.9 Å². The summed E-state index contributed by atoms with van der Waals surface area (Å²) in [4.78, 5) is 38.2. The van der Waals surface area contributed by atoms with Crippen LogP contribution in [0, 0.1) is 13.8 Å².